The topological polar surface area (TPSA) is 48.1 Å². The number of ether oxygens (including phenoxy) is 1. The maximum atomic E-state index is 6.60. The average molecular weight is 252 g/mol. The Bertz CT molecular complexity index is 371. The van der Waals surface area contributed by atoms with Crippen molar-refractivity contribution >= 4 is 11.3 Å². The quantitative estimate of drug-likeness (QED) is 0.782. The third kappa shape index (κ3) is 2.26. The molecule has 1 aromatic heterocycles. The van der Waals surface area contributed by atoms with Crippen molar-refractivity contribution in [1.29, 1.82) is 0 Å². The first-order valence-electron chi connectivity index (χ1n) is 6.64. The SMILES string of the molecule is NC1(c2nc3c(s2)COCC3)CCCCCC1. The smallest absolute Gasteiger partial charge is 0.113 e. The highest BCUT2D eigenvalue weighted by molar-refractivity contribution is 7.11. The zero-order valence-electron chi connectivity index (χ0n) is 10.2. The lowest BCUT2D eigenvalue weighted by molar-refractivity contribution is 0.112. The Morgan fingerprint density at radius 2 is 1.94 bits per heavy atom. The van der Waals surface area contributed by atoms with Crippen LogP contribution < -0.4 is 5.73 Å². The number of aromatic nitrogens is 1. The molecule has 0 bridgehead atoms. The van der Waals surface area contributed by atoms with E-state index in [0.717, 1.165) is 37.5 Å². The summed E-state index contributed by atoms with van der Waals surface area (Å²) in [4.78, 5) is 6.11. The highest BCUT2D eigenvalue weighted by Crippen LogP contribution is 2.37. The van der Waals surface area contributed by atoms with E-state index in [4.69, 9.17) is 15.5 Å². The summed E-state index contributed by atoms with van der Waals surface area (Å²) in [7, 11) is 0. The van der Waals surface area contributed by atoms with E-state index >= 15 is 0 Å². The minimum Gasteiger partial charge on any atom is -0.375 e. The molecule has 0 unspecified atom stereocenters. The van der Waals surface area contributed by atoms with E-state index in [-0.39, 0.29) is 5.54 Å². The summed E-state index contributed by atoms with van der Waals surface area (Å²) in [6.07, 6.45) is 8.30. The number of rotatable bonds is 1. The molecule has 0 aromatic carbocycles. The van der Waals surface area contributed by atoms with Crippen LogP contribution in [0.2, 0.25) is 0 Å². The number of thiazole rings is 1. The molecule has 0 spiro atoms. The molecule has 0 amide bonds. The van der Waals surface area contributed by atoms with Gasteiger partial charge in [0.1, 0.15) is 5.01 Å². The van der Waals surface area contributed by atoms with Gasteiger partial charge >= 0.3 is 0 Å². The Labute approximate surface area is 106 Å². The minimum absolute atomic E-state index is 0.154. The predicted molar refractivity (Wildman–Crippen MR) is 69.0 cm³/mol. The third-order valence-corrected chi connectivity index (χ3v) is 5.21. The summed E-state index contributed by atoms with van der Waals surface area (Å²) in [5.74, 6) is 0. The minimum atomic E-state index is -0.154. The van der Waals surface area contributed by atoms with Crippen molar-refractivity contribution in [1.82, 2.24) is 4.98 Å². The van der Waals surface area contributed by atoms with E-state index in [0.29, 0.717) is 0 Å². The fourth-order valence-electron chi connectivity index (χ4n) is 2.81. The fraction of sp³-hybridized carbons (Fsp3) is 0.769. The second-order valence-corrected chi connectivity index (χ2v) is 6.35. The predicted octanol–water partition coefficient (Wildman–Crippen LogP) is 2.72. The van der Waals surface area contributed by atoms with Crippen LogP contribution in [-0.2, 0) is 23.3 Å². The number of nitrogens with zero attached hydrogens (tertiary/aromatic N) is 1. The summed E-state index contributed by atoms with van der Waals surface area (Å²) in [5, 5.41) is 1.16. The lowest BCUT2D eigenvalue weighted by Gasteiger charge is -2.25. The van der Waals surface area contributed by atoms with Crippen molar-refractivity contribution in [3.63, 3.8) is 0 Å². The number of nitrogens with two attached hydrogens (primary N) is 1. The Morgan fingerprint density at radius 3 is 2.65 bits per heavy atom. The van der Waals surface area contributed by atoms with Crippen LogP contribution in [0, 0.1) is 0 Å². The molecule has 3 rings (SSSR count). The number of hydrogen-bond donors (Lipinski definition) is 1. The Kier molecular flexibility index (Phi) is 3.19. The van der Waals surface area contributed by atoms with Gasteiger partial charge in [0, 0.05) is 6.42 Å². The second kappa shape index (κ2) is 4.67. The van der Waals surface area contributed by atoms with Gasteiger partial charge in [-0.15, -0.1) is 11.3 Å². The largest absolute Gasteiger partial charge is 0.375 e. The van der Waals surface area contributed by atoms with Crippen LogP contribution in [0.15, 0.2) is 0 Å². The maximum Gasteiger partial charge on any atom is 0.113 e. The van der Waals surface area contributed by atoms with E-state index in [1.54, 1.807) is 11.3 Å². The summed E-state index contributed by atoms with van der Waals surface area (Å²) >= 11 is 1.79. The summed E-state index contributed by atoms with van der Waals surface area (Å²) < 4.78 is 5.48. The van der Waals surface area contributed by atoms with Gasteiger partial charge in [0.15, 0.2) is 0 Å². The van der Waals surface area contributed by atoms with Crippen LogP contribution >= 0.6 is 11.3 Å². The zero-order chi connectivity index (χ0) is 11.7. The lowest BCUT2D eigenvalue weighted by atomic mass is 9.92. The van der Waals surface area contributed by atoms with E-state index in [1.807, 2.05) is 0 Å². The first kappa shape index (κ1) is 11.6. The number of fused-ring (bicyclic) bond motifs is 1. The molecule has 3 nitrogen and oxygen atoms in total. The lowest BCUT2D eigenvalue weighted by Crippen LogP contribution is -2.35. The van der Waals surface area contributed by atoms with Gasteiger partial charge in [-0.1, -0.05) is 25.7 Å². The molecule has 2 heterocycles. The first-order valence-corrected chi connectivity index (χ1v) is 7.45. The van der Waals surface area contributed by atoms with Crippen molar-refractivity contribution in [3.05, 3.63) is 15.6 Å². The van der Waals surface area contributed by atoms with Gasteiger partial charge in [-0.3, -0.25) is 0 Å². The van der Waals surface area contributed by atoms with E-state index in [9.17, 15) is 0 Å². The monoisotopic (exact) mass is 252 g/mol. The van der Waals surface area contributed by atoms with Crippen LogP contribution in [0.25, 0.3) is 0 Å². The van der Waals surface area contributed by atoms with Gasteiger partial charge in [-0.05, 0) is 12.8 Å². The van der Waals surface area contributed by atoms with Crippen molar-refractivity contribution in [2.24, 2.45) is 5.73 Å². The molecule has 1 aliphatic heterocycles. The first-order chi connectivity index (χ1) is 8.28. The van der Waals surface area contributed by atoms with Crippen LogP contribution in [0.5, 0.6) is 0 Å². The Hall–Kier alpha value is -0.450. The fourth-order valence-corrected chi connectivity index (χ4v) is 4.02. The van der Waals surface area contributed by atoms with Crippen molar-refractivity contribution in [2.45, 2.75) is 57.1 Å². The molecule has 17 heavy (non-hydrogen) atoms. The highest BCUT2D eigenvalue weighted by atomic mass is 32.1. The van der Waals surface area contributed by atoms with E-state index in [1.165, 1.54) is 36.3 Å². The molecule has 2 N–H and O–H groups in total. The summed E-state index contributed by atoms with van der Waals surface area (Å²) in [6.45, 7) is 1.55. The Morgan fingerprint density at radius 1 is 1.18 bits per heavy atom. The molecule has 1 aromatic rings. The van der Waals surface area contributed by atoms with E-state index in [2.05, 4.69) is 0 Å². The van der Waals surface area contributed by atoms with Crippen LogP contribution in [0.3, 0.4) is 0 Å². The molecule has 0 radical (unpaired) electrons. The van der Waals surface area contributed by atoms with Gasteiger partial charge in [-0.2, -0.15) is 0 Å². The normalized spacial score (nSPS) is 24.1. The molecule has 0 saturated heterocycles. The van der Waals surface area contributed by atoms with Gasteiger partial charge in [0.25, 0.3) is 0 Å². The second-order valence-electron chi connectivity index (χ2n) is 5.26. The molecule has 1 saturated carbocycles. The third-order valence-electron chi connectivity index (χ3n) is 3.92. The van der Waals surface area contributed by atoms with Gasteiger partial charge < -0.3 is 10.5 Å². The molecule has 1 aliphatic carbocycles. The summed E-state index contributed by atoms with van der Waals surface area (Å²) in [6, 6.07) is 0. The van der Waals surface area contributed by atoms with Crippen molar-refractivity contribution in [2.75, 3.05) is 6.61 Å². The highest BCUT2D eigenvalue weighted by Gasteiger charge is 2.32. The Balaban J connectivity index is 1.88. The van der Waals surface area contributed by atoms with Gasteiger partial charge in [0.2, 0.25) is 0 Å². The molecular weight excluding hydrogens is 232 g/mol. The molecule has 4 heteroatoms. The standard InChI is InChI=1S/C13H20N2OS/c14-13(6-3-1-2-4-7-13)12-15-10-5-8-16-9-11(10)17-12/h1-9,14H2. The van der Waals surface area contributed by atoms with Crippen LogP contribution in [-0.4, -0.2) is 11.6 Å². The average Bonchev–Trinajstić information content (AvgIpc) is 2.66. The van der Waals surface area contributed by atoms with E-state index < -0.39 is 0 Å². The number of hydrogen-bond acceptors (Lipinski definition) is 4. The molecule has 2 aliphatic rings. The molecule has 94 valence electrons. The molecule has 0 atom stereocenters. The van der Waals surface area contributed by atoms with Crippen LogP contribution in [0.4, 0.5) is 0 Å². The molecule has 1 fully saturated rings. The summed E-state index contributed by atoms with van der Waals surface area (Å²) in [5.41, 5.74) is 7.69. The van der Waals surface area contributed by atoms with Crippen LogP contribution in [0.1, 0.15) is 54.1 Å². The molecular formula is C13H20N2OS. The van der Waals surface area contributed by atoms with Gasteiger partial charge in [0.05, 0.1) is 29.3 Å². The zero-order valence-corrected chi connectivity index (χ0v) is 11.0. The maximum absolute atomic E-state index is 6.60. The van der Waals surface area contributed by atoms with Gasteiger partial charge in [-0.25, -0.2) is 4.98 Å². The van der Waals surface area contributed by atoms with Crippen molar-refractivity contribution < 1.29 is 4.74 Å². The van der Waals surface area contributed by atoms with Crippen molar-refractivity contribution in [3.8, 4) is 0 Å².